The van der Waals surface area contributed by atoms with Gasteiger partial charge in [0.15, 0.2) is 6.10 Å². The first-order chi connectivity index (χ1) is 9.10. The summed E-state index contributed by atoms with van der Waals surface area (Å²) in [5, 5.41) is 12.6. The Labute approximate surface area is 116 Å². The molecule has 1 heterocycles. The first-order valence-corrected chi connectivity index (χ1v) is 6.43. The molecule has 2 rings (SSSR count). The highest BCUT2D eigenvalue weighted by molar-refractivity contribution is 6.30. The van der Waals surface area contributed by atoms with Crippen LogP contribution in [0.4, 0.5) is 5.69 Å². The Balaban J connectivity index is 1.92. The average molecular weight is 286 g/mol. The second-order valence-corrected chi connectivity index (χ2v) is 4.82. The predicted molar refractivity (Wildman–Crippen MR) is 72.0 cm³/mol. The highest BCUT2D eigenvalue weighted by Gasteiger charge is 2.30. The summed E-state index contributed by atoms with van der Waals surface area (Å²) < 4.78 is 10.6. The van der Waals surface area contributed by atoms with E-state index < -0.39 is 12.1 Å². The summed E-state index contributed by atoms with van der Waals surface area (Å²) in [6.45, 7) is 0.528. The summed E-state index contributed by atoms with van der Waals surface area (Å²) in [7, 11) is 1.58. The molecule has 0 saturated carbocycles. The summed E-state index contributed by atoms with van der Waals surface area (Å²) in [6.07, 6.45) is 0.485. The van der Waals surface area contributed by atoms with E-state index in [0.717, 1.165) is 12.1 Å². The highest BCUT2D eigenvalue weighted by Crippen LogP contribution is 2.28. The van der Waals surface area contributed by atoms with E-state index in [1.807, 2.05) is 0 Å². The monoisotopic (exact) mass is 285 g/mol. The molecule has 1 aliphatic heterocycles. The SMILES string of the molecule is COc1ccc(Cl)cc1NCC1CCC(C(=O)O)O1. The number of ether oxygens (including phenoxy) is 2. The van der Waals surface area contributed by atoms with Gasteiger partial charge in [-0.25, -0.2) is 4.79 Å². The molecule has 1 saturated heterocycles. The number of carbonyl (C=O) groups is 1. The van der Waals surface area contributed by atoms with Crippen LogP contribution >= 0.6 is 11.6 Å². The molecule has 2 unspecified atom stereocenters. The number of aliphatic carboxylic acids is 1. The van der Waals surface area contributed by atoms with Crippen molar-refractivity contribution in [2.24, 2.45) is 0 Å². The Bertz CT molecular complexity index is 466. The summed E-state index contributed by atoms with van der Waals surface area (Å²) >= 11 is 5.93. The minimum Gasteiger partial charge on any atom is -0.495 e. The van der Waals surface area contributed by atoms with Crippen molar-refractivity contribution in [3.63, 3.8) is 0 Å². The van der Waals surface area contributed by atoms with Crippen LogP contribution in [0.1, 0.15) is 12.8 Å². The molecule has 1 fully saturated rings. The minimum absolute atomic E-state index is 0.107. The number of hydrogen-bond acceptors (Lipinski definition) is 4. The molecule has 0 bridgehead atoms. The van der Waals surface area contributed by atoms with Gasteiger partial charge in [-0.1, -0.05) is 11.6 Å². The van der Waals surface area contributed by atoms with Crippen LogP contribution in [0.5, 0.6) is 5.75 Å². The van der Waals surface area contributed by atoms with Gasteiger partial charge in [0.1, 0.15) is 5.75 Å². The van der Waals surface area contributed by atoms with Gasteiger partial charge >= 0.3 is 5.97 Å². The fourth-order valence-electron chi connectivity index (χ4n) is 2.08. The van der Waals surface area contributed by atoms with E-state index in [1.165, 1.54) is 0 Å². The number of halogens is 1. The molecule has 2 N–H and O–H groups in total. The van der Waals surface area contributed by atoms with Crippen molar-refractivity contribution in [2.45, 2.75) is 25.0 Å². The molecular weight excluding hydrogens is 270 g/mol. The van der Waals surface area contributed by atoms with Gasteiger partial charge in [-0.3, -0.25) is 0 Å². The Morgan fingerprint density at radius 2 is 2.37 bits per heavy atom. The third-order valence-corrected chi connectivity index (χ3v) is 3.30. The van der Waals surface area contributed by atoms with Gasteiger partial charge in [-0.2, -0.15) is 0 Å². The molecule has 1 aromatic carbocycles. The van der Waals surface area contributed by atoms with Gasteiger partial charge in [0.2, 0.25) is 0 Å². The lowest BCUT2D eigenvalue weighted by Crippen LogP contribution is -2.24. The standard InChI is InChI=1S/C13H16ClNO4/c1-18-11-4-2-8(14)6-10(11)15-7-9-3-5-12(19-9)13(16)17/h2,4,6,9,12,15H,3,5,7H2,1H3,(H,16,17). The molecule has 0 radical (unpaired) electrons. The maximum absolute atomic E-state index is 10.8. The Morgan fingerprint density at radius 1 is 1.58 bits per heavy atom. The number of carboxylic acid groups (broad SMARTS) is 1. The predicted octanol–water partition coefficient (Wildman–Crippen LogP) is 2.39. The third-order valence-electron chi connectivity index (χ3n) is 3.06. The normalized spacial score (nSPS) is 22.2. The van der Waals surface area contributed by atoms with Crippen molar-refractivity contribution in [1.82, 2.24) is 0 Å². The zero-order valence-electron chi connectivity index (χ0n) is 10.6. The van der Waals surface area contributed by atoms with Crippen LogP contribution in [0, 0.1) is 0 Å². The Morgan fingerprint density at radius 3 is 3.00 bits per heavy atom. The second-order valence-electron chi connectivity index (χ2n) is 4.39. The van der Waals surface area contributed by atoms with Crippen LogP contribution in [0.3, 0.4) is 0 Å². The van der Waals surface area contributed by atoms with Gasteiger partial charge in [0.25, 0.3) is 0 Å². The number of anilines is 1. The second kappa shape index (κ2) is 6.12. The minimum atomic E-state index is -0.900. The first-order valence-electron chi connectivity index (χ1n) is 6.06. The van der Waals surface area contributed by atoms with Gasteiger partial charge < -0.3 is 19.9 Å². The van der Waals surface area contributed by atoms with Crippen molar-refractivity contribution in [2.75, 3.05) is 19.0 Å². The van der Waals surface area contributed by atoms with E-state index in [0.29, 0.717) is 23.7 Å². The highest BCUT2D eigenvalue weighted by atomic mass is 35.5. The quantitative estimate of drug-likeness (QED) is 0.869. The van der Waals surface area contributed by atoms with E-state index in [1.54, 1.807) is 25.3 Å². The van der Waals surface area contributed by atoms with Crippen molar-refractivity contribution in [1.29, 1.82) is 0 Å². The molecule has 2 atom stereocenters. The number of benzene rings is 1. The zero-order chi connectivity index (χ0) is 13.8. The number of carboxylic acids is 1. The number of hydrogen-bond donors (Lipinski definition) is 2. The van der Waals surface area contributed by atoms with E-state index in [4.69, 9.17) is 26.2 Å². The molecule has 104 valence electrons. The van der Waals surface area contributed by atoms with Crippen LogP contribution in [0.25, 0.3) is 0 Å². The smallest absolute Gasteiger partial charge is 0.332 e. The Kier molecular flexibility index (Phi) is 4.50. The molecule has 0 spiro atoms. The topological polar surface area (TPSA) is 67.8 Å². The van der Waals surface area contributed by atoms with Gasteiger partial charge in [-0.15, -0.1) is 0 Å². The molecule has 6 heteroatoms. The van der Waals surface area contributed by atoms with Crippen LogP contribution in [0.15, 0.2) is 18.2 Å². The molecule has 0 aromatic heterocycles. The van der Waals surface area contributed by atoms with Crippen molar-refractivity contribution in [3.8, 4) is 5.75 Å². The molecule has 1 aromatic rings. The van der Waals surface area contributed by atoms with Gasteiger partial charge in [0.05, 0.1) is 18.9 Å². The molecule has 0 aliphatic carbocycles. The van der Waals surface area contributed by atoms with Crippen LogP contribution in [0.2, 0.25) is 5.02 Å². The maximum Gasteiger partial charge on any atom is 0.332 e. The largest absolute Gasteiger partial charge is 0.495 e. The third kappa shape index (κ3) is 3.52. The lowest BCUT2D eigenvalue weighted by atomic mass is 10.2. The number of rotatable bonds is 5. The lowest BCUT2D eigenvalue weighted by molar-refractivity contribution is -0.149. The maximum atomic E-state index is 10.8. The molecule has 0 amide bonds. The molecule has 1 aliphatic rings. The fourth-order valence-corrected chi connectivity index (χ4v) is 2.25. The molecule has 19 heavy (non-hydrogen) atoms. The summed E-state index contributed by atoms with van der Waals surface area (Å²) in [6, 6.07) is 5.29. The summed E-state index contributed by atoms with van der Waals surface area (Å²) in [5.41, 5.74) is 0.775. The van der Waals surface area contributed by atoms with E-state index >= 15 is 0 Å². The van der Waals surface area contributed by atoms with E-state index in [9.17, 15) is 4.79 Å². The van der Waals surface area contributed by atoms with Crippen LogP contribution < -0.4 is 10.1 Å². The zero-order valence-corrected chi connectivity index (χ0v) is 11.3. The number of methoxy groups -OCH3 is 1. The van der Waals surface area contributed by atoms with Crippen molar-refractivity contribution in [3.05, 3.63) is 23.2 Å². The molecule has 5 nitrogen and oxygen atoms in total. The Hall–Kier alpha value is -1.46. The average Bonchev–Trinajstić information content (AvgIpc) is 2.85. The van der Waals surface area contributed by atoms with E-state index in [2.05, 4.69) is 5.32 Å². The summed E-state index contributed by atoms with van der Waals surface area (Å²) in [4.78, 5) is 10.8. The fraction of sp³-hybridized carbons (Fsp3) is 0.462. The van der Waals surface area contributed by atoms with Crippen LogP contribution in [-0.2, 0) is 9.53 Å². The number of nitrogens with one attached hydrogen (secondary N) is 1. The van der Waals surface area contributed by atoms with Gasteiger partial charge in [-0.05, 0) is 31.0 Å². The first kappa shape index (κ1) is 14.0. The summed E-state index contributed by atoms with van der Waals surface area (Å²) in [5.74, 6) is -0.208. The van der Waals surface area contributed by atoms with Crippen molar-refractivity contribution >= 4 is 23.3 Å². The molecular formula is C13H16ClNO4. The van der Waals surface area contributed by atoms with Crippen molar-refractivity contribution < 1.29 is 19.4 Å². The van der Waals surface area contributed by atoms with Crippen LogP contribution in [-0.4, -0.2) is 36.9 Å². The van der Waals surface area contributed by atoms with Gasteiger partial charge in [0, 0.05) is 11.6 Å². The van der Waals surface area contributed by atoms with E-state index in [-0.39, 0.29) is 6.10 Å². The lowest BCUT2D eigenvalue weighted by Gasteiger charge is -2.15.